The predicted molar refractivity (Wildman–Crippen MR) is 189 cm³/mol. The highest BCUT2D eigenvalue weighted by Gasteiger charge is 2.48. The summed E-state index contributed by atoms with van der Waals surface area (Å²) in [5, 5.41) is 11.3. The highest BCUT2D eigenvalue weighted by Crippen LogP contribution is 2.33. The van der Waals surface area contributed by atoms with Gasteiger partial charge in [0, 0.05) is 32.6 Å². The highest BCUT2D eigenvalue weighted by atomic mass is 16.2. The Balaban J connectivity index is 0.00000565. The van der Waals surface area contributed by atoms with E-state index in [4.69, 9.17) is 0 Å². The van der Waals surface area contributed by atoms with E-state index in [9.17, 15) is 28.8 Å². The van der Waals surface area contributed by atoms with Gasteiger partial charge in [-0.05, 0) is 55.3 Å². The number of carbonyl (C=O) groups is 6. The zero-order valence-corrected chi connectivity index (χ0v) is 31.9. The van der Waals surface area contributed by atoms with Gasteiger partial charge in [-0.2, -0.15) is 0 Å². The molecule has 2 aliphatic heterocycles. The predicted octanol–water partition coefficient (Wildman–Crippen LogP) is 4.02. The number of nitrogens with one attached hydrogen (secondary N) is 4. The number of likely N-dealkylation sites (N-methyl/N-ethyl adjacent to an activating group) is 1. The molecular formula is C36H66N6O6. The second-order valence-corrected chi connectivity index (χ2v) is 15.4. The Bertz CT molecular complexity index is 1110. The molecule has 2 heterocycles. The molecule has 0 aromatic carbocycles. The molecule has 2 saturated heterocycles. The van der Waals surface area contributed by atoms with E-state index in [0.29, 0.717) is 51.9 Å². The molecule has 0 spiro atoms. The maximum atomic E-state index is 14.3. The van der Waals surface area contributed by atoms with Crippen LogP contribution in [0.1, 0.15) is 122 Å². The standard InChI is InChI=1S/C34H60N6O6.C2H6/c1-11-15-23(27(42)30(44)35-12-2)36-29(43)26-22(21(3)4)17-19-40(26)31(45)28(34(8,9)10)38-32(46)37-24(33(5,6)7)20-39-18-14-13-16-25(39)41;1-2/h21-24,26,28H,11-20H2,1-10H3,(H,35,44)(H,36,43)(H2,37,38,46);1-2H3/t22?,23?,24-,26+,28-;/m1./s1. The molecule has 6 amide bonds. The van der Waals surface area contributed by atoms with E-state index >= 15 is 0 Å². The van der Waals surface area contributed by atoms with Crippen molar-refractivity contribution in [3.63, 3.8) is 0 Å². The van der Waals surface area contributed by atoms with Crippen LogP contribution < -0.4 is 21.3 Å². The summed E-state index contributed by atoms with van der Waals surface area (Å²) in [7, 11) is 0. The molecule has 2 fully saturated rings. The van der Waals surface area contributed by atoms with Crippen molar-refractivity contribution in [2.24, 2.45) is 22.7 Å². The van der Waals surface area contributed by atoms with Crippen molar-refractivity contribution in [3.05, 3.63) is 0 Å². The topological polar surface area (TPSA) is 157 Å². The first-order valence-corrected chi connectivity index (χ1v) is 18.1. The van der Waals surface area contributed by atoms with Crippen molar-refractivity contribution in [3.8, 4) is 0 Å². The van der Waals surface area contributed by atoms with Gasteiger partial charge in [0.2, 0.25) is 23.5 Å². The lowest BCUT2D eigenvalue weighted by atomic mass is 9.84. The van der Waals surface area contributed by atoms with Crippen LogP contribution in [0.15, 0.2) is 0 Å². The van der Waals surface area contributed by atoms with Crippen molar-refractivity contribution in [2.75, 3.05) is 26.2 Å². The summed E-state index contributed by atoms with van der Waals surface area (Å²) in [4.78, 5) is 82.8. The van der Waals surface area contributed by atoms with Crippen molar-refractivity contribution in [1.82, 2.24) is 31.1 Å². The summed E-state index contributed by atoms with van der Waals surface area (Å²) in [6.45, 7) is 24.8. The molecule has 0 aromatic rings. The zero-order chi connectivity index (χ0) is 37.0. The van der Waals surface area contributed by atoms with Gasteiger partial charge in [-0.25, -0.2) is 4.79 Å². The van der Waals surface area contributed by atoms with Gasteiger partial charge in [0.1, 0.15) is 12.1 Å². The molecule has 276 valence electrons. The highest BCUT2D eigenvalue weighted by molar-refractivity contribution is 6.38. The third-order valence-corrected chi connectivity index (χ3v) is 9.19. The third kappa shape index (κ3) is 12.1. The summed E-state index contributed by atoms with van der Waals surface area (Å²) in [5.74, 6) is -2.35. The van der Waals surface area contributed by atoms with Gasteiger partial charge in [0.15, 0.2) is 0 Å². The number of ketones is 1. The van der Waals surface area contributed by atoms with E-state index < -0.39 is 47.2 Å². The molecule has 48 heavy (non-hydrogen) atoms. The van der Waals surface area contributed by atoms with Gasteiger partial charge in [-0.15, -0.1) is 0 Å². The lowest BCUT2D eigenvalue weighted by Crippen LogP contribution is -2.62. The quantitative estimate of drug-likeness (QED) is 0.216. The van der Waals surface area contributed by atoms with E-state index in [1.54, 1.807) is 11.8 Å². The van der Waals surface area contributed by atoms with E-state index in [1.165, 1.54) is 4.90 Å². The Morgan fingerprint density at radius 2 is 1.50 bits per heavy atom. The van der Waals surface area contributed by atoms with Crippen LogP contribution in [0.3, 0.4) is 0 Å². The molecule has 5 atom stereocenters. The second kappa shape index (κ2) is 19.1. The van der Waals surface area contributed by atoms with E-state index in [0.717, 1.165) is 12.8 Å². The summed E-state index contributed by atoms with van der Waals surface area (Å²) >= 11 is 0. The molecule has 0 aliphatic carbocycles. The fourth-order valence-electron chi connectivity index (χ4n) is 6.27. The smallest absolute Gasteiger partial charge is 0.315 e. The van der Waals surface area contributed by atoms with Crippen LogP contribution in [0.4, 0.5) is 4.79 Å². The molecule has 2 aliphatic rings. The third-order valence-electron chi connectivity index (χ3n) is 9.19. The SMILES string of the molecule is CC.CCCC(NC(=O)[C@@H]1C(C(C)C)CCN1C(=O)[C@@H](NC(=O)N[C@H](CN1CCCCC1=O)C(C)(C)C)C(C)(C)C)C(=O)C(=O)NCC. The van der Waals surface area contributed by atoms with Crippen LogP contribution in [0.5, 0.6) is 0 Å². The maximum absolute atomic E-state index is 14.3. The second-order valence-electron chi connectivity index (χ2n) is 15.4. The molecule has 0 saturated carbocycles. The van der Waals surface area contributed by atoms with Crippen LogP contribution in [0, 0.1) is 22.7 Å². The van der Waals surface area contributed by atoms with Crippen LogP contribution in [0.2, 0.25) is 0 Å². The Hall–Kier alpha value is -3.18. The Labute approximate surface area is 289 Å². The summed E-state index contributed by atoms with van der Waals surface area (Å²) < 4.78 is 0. The van der Waals surface area contributed by atoms with Crippen LogP contribution in [0.25, 0.3) is 0 Å². The lowest BCUT2D eigenvalue weighted by molar-refractivity contribution is -0.144. The number of likely N-dealkylation sites (tertiary alicyclic amines) is 2. The first-order chi connectivity index (χ1) is 22.3. The van der Waals surface area contributed by atoms with Gasteiger partial charge in [-0.3, -0.25) is 24.0 Å². The number of hydrogen-bond donors (Lipinski definition) is 4. The number of hydrogen-bond acceptors (Lipinski definition) is 6. The molecule has 2 unspecified atom stereocenters. The van der Waals surface area contributed by atoms with Crippen LogP contribution in [-0.2, 0) is 24.0 Å². The first kappa shape index (κ1) is 42.8. The average molecular weight is 679 g/mol. The molecule has 0 bridgehead atoms. The molecule has 12 heteroatoms. The minimum atomic E-state index is -1.00. The van der Waals surface area contributed by atoms with Crippen LogP contribution >= 0.6 is 0 Å². The van der Waals surface area contributed by atoms with Gasteiger partial charge >= 0.3 is 6.03 Å². The first-order valence-electron chi connectivity index (χ1n) is 18.1. The van der Waals surface area contributed by atoms with Crippen molar-refractivity contribution in [1.29, 1.82) is 0 Å². The number of rotatable bonds is 13. The fraction of sp³-hybridized carbons (Fsp3) is 0.833. The van der Waals surface area contributed by atoms with Crippen molar-refractivity contribution < 1.29 is 28.8 Å². The van der Waals surface area contributed by atoms with E-state index in [-0.39, 0.29) is 35.1 Å². The normalized spacial score (nSPS) is 20.2. The molecule has 4 N–H and O–H groups in total. The van der Waals surface area contributed by atoms with Crippen LogP contribution in [-0.4, -0.2) is 95.6 Å². The largest absolute Gasteiger partial charge is 0.350 e. The van der Waals surface area contributed by atoms with E-state index in [2.05, 4.69) is 21.3 Å². The Morgan fingerprint density at radius 3 is 2.00 bits per heavy atom. The number of urea groups is 1. The number of Topliss-reactive ketones (excluding diaryl/α,β-unsaturated/α-hetero) is 1. The Morgan fingerprint density at radius 1 is 0.875 bits per heavy atom. The number of piperidine rings is 1. The Kier molecular flexibility index (Phi) is 17.1. The van der Waals surface area contributed by atoms with Gasteiger partial charge in [-0.1, -0.05) is 82.6 Å². The average Bonchev–Trinajstić information content (AvgIpc) is 3.46. The summed E-state index contributed by atoms with van der Waals surface area (Å²) in [5.41, 5.74) is -1.07. The summed E-state index contributed by atoms with van der Waals surface area (Å²) in [6.07, 6.45) is 3.75. The monoisotopic (exact) mass is 679 g/mol. The minimum Gasteiger partial charge on any atom is -0.350 e. The molecule has 12 nitrogen and oxygen atoms in total. The minimum absolute atomic E-state index is 0.0617. The maximum Gasteiger partial charge on any atom is 0.315 e. The van der Waals surface area contributed by atoms with Gasteiger partial charge < -0.3 is 31.1 Å². The van der Waals surface area contributed by atoms with Gasteiger partial charge in [0.25, 0.3) is 5.91 Å². The lowest BCUT2D eigenvalue weighted by Gasteiger charge is -2.39. The zero-order valence-electron chi connectivity index (χ0n) is 31.9. The number of carbonyl (C=O) groups excluding carboxylic acids is 6. The molecule has 0 aromatic heterocycles. The van der Waals surface area contributed by atoms with Crippen molar-refractivity contribution in [2.45, 2.75) is 146 Å². The van der Waals surface area contributed by atoms with Crippen molar-refractivity contribution >= 4 is 35.4 Å². The molecule has 0 radical (unpaired) electrons. The number of amides is 6. The summed E-state index contributed by atoms with van der Waals surface area (Å²) in [6, 6.07) is -3.71. The molecular weight excluding hydrogens is 612 g/mol. The molecule has 2 rings (SSSR count). The van der Waals surface area contributed by atoms with E-state index in [1.807, 2.05) is 76.2 Å². The number of nitrogens with zero attached hydrogens (tertiary/aromatic N) is 2. The van der Waals surface area contributed by atoms with Gasteiger partial charge in [0.05, 0.1) is 12.1 Å². The fourth-order valence-corrected chi connectivity index (χ4v) is 6.27.